The number of rotatable bonds is 2. The molecular weight excluding hydrogens is 212 g/mol. The van der Waals surface area contributed by atoms with Crippen molar-refractivity contribution in [2.45, 2.75) is 19.1 Å². The van der Waals surface area contributed by atoms with Crippen molar-refractivity contribution in [2.75, 3.05) is 13.1 Å². The van der Waals surface area contributed by atoms with Gasteiger partial charge < -0.3 is 5.32 Å². The molecule has 0 radical (unpaired) electrons. The third-order valence-electron chi connectivity index (χ3n) is 2.00. The van der Waals surface area contributed by atoms with Crippen molar-refractivity contribution >= 4 is 28.3 Å². The quantitative estimate of drug-likeness (QED) is 0.838. The normalized spacial score (nSPS) is 16.2. The van der Waals surface area contributed by atoms with Crippen molar-refractivity contribution in [3.05, 3.63) is 21.9 Å². The summed E-state index contributed by atoms with van der Waals surface area (Å²) in [7, 11) is 0. The van der Waals surface area contributed by atoms with E-state index in [9.17, 15) is 0 Å². The van der Waals surface area contributed by atoms with Crippen LogP contribution in [0.25, 0.3) is 0 Å². The summed E-state index contributed by atoms with van der Waals surface area (Å²) >= 11 is 3.65. The monoisotopic (exact) mass is 226 g/mol. The molecule has 1 N–H and O–H groups in total. The number of amidine groups is 1. The van der Waals surface area contributed by atoms with Gasteiger partial charge in [-0.1, -0.05) is 11.8 Å². The van der Waals surface area contributed by atoms with E-state index in [4.69, 9.17) is 0 Å². The molecule has 4 heteroatoms. The Labute approximate surface area is 92.8 Å². The average molecular weight is 226 g/mol. The second kappa shape index (κ2) is 4.84. The fourth-order valence-corrected chi connectivity index (χ4v) is 3.17. The van der Waals surface area contributed by atoms with Crippen LogP contribution in [0.15, 0.2) is 16.4 Å². The van der Waals surface area contributed by atoms with E-state index in [-0.39, 0.29) is 0 Å². The maximum absolute atomic E-state index is 4.42. The molecule has 0 saturated carbocycles. The molecule has 2 heterocycles. The molecule has 0 amide bonds. The van der Waals surface area contributed by atoms with Gasteiger partial charge in [0.15, 0.2) is 5.17 Å². The predicted octanol–water partition coefficient (Wildman–Crippen LogP) is 2.64. The standard InChI is InChI=1S/C10H14N2S2/c1-8-5-9(13-6-8)7-14-10-11-3-2-4-12-10/h5-6H,2-4,7H2,1H3,(H,11,12). The molecule has 0 fully saturated rings. The van der Waals surface area contributed by atoms with E-state index in [0.717, 1.165) is 24.0 Å². The van der Waals surface area contributed by atoms with Gasteiger partial charge in [-0.3, -0.25) is 4.99 Å². The van der Waals surface area contributed by atoms with E-state index < -0.39 is 0 Å². The summed E-state index contributed by atoms with van der Waals surface area (Å²) in [5.41, 5.74) is 1.36. The second-order valence-corrected chi connectivity index (χ2v) is 5.31. The molecule has 0 bridgehead atoms. The van der Waals surface area contributed by atoms with Crippen molar-refractivity contribution in [1.82, 2.24) is 5.32 Å². The van der Waals surface area contributed by atoms with Crippen LogP contribution in [0.5, 0.6) is 0 Å². The lowest BCUT2D eigenvalue weighted by Crippen LogP contribution is -2.26. The molecule has 1 aliphatic rings. The number of hydrogen-bond acceptors (Lipinski definition) is 4. The largest absolute Gasteiger partial charge is 0.365 e. The van der Waals surface area contributed by atoms with Crippen LogP contribution in [0.2, 0.25) is 0 Å². The molecular formula is C10H14N2S2. The second-order valence-electron chi connectivity index (χ2n) is 3.35. The number of thiophene rings is 1. The van der Waals surface area contributed by atoms with Gasteiger partial charge >= 0.3 is 0 Å². The summed E-state index contributed by atoms with van der Waals surface area (Å²) in [5, 5.41) is 6.63. The van der Waals surface area contributed by atoms with E-state index in [1.54, 1.807) is 0 Å². The number of hydrogen-bond donors (Lipinski definition) is 1. The third kappa shape index (κ3) is 2.75. The zero-order valence-electron chi connectivity index (χ0n) is 8.25. The number of thioether (sulfide) groups is 1. The van der Waals surface area contributed by atoms with Gasteiger partial charge in [-0.25, -0.2) is 0 Å². The lowest BCUT2D eigenvalue weighted by atomic mass is 10.4. The molecule has 0 aromatic carbocycles. The topological polar surface area (TPSA) is 24.4 Å². The first-order valence-corrected chi connectivity index (χ1v) is 6.66. The van der Waals surface area contributed by atoms with Crippen LogP contribution in [0.3, 0.4) is 0 Å². The number of nitrogens with one attached hydrogen (secondary N) is 1. The molecule has 0 atom stereocenters. The molecule has 1 aliphatic heterocycles. The van der Waals surface area contributed by atoms with Crippen LogP contribution >= 0.6 is 23.1 Å². The Bertz CT molecular complexity index is 331. The summed E-state index contributed by atoms with van der Waals surface area (Å²) in [5.74, 6) is 1.05. The first-order valence-electron chi connectivity index (χ1n) is 4.80. The Morgan fingerprint density at radius 2 is 2.57 bits per heavy atom. The zero-order valence-corrected chi connectivity index (χ0v) is 9.88. The molecule has 0 unspecified atom stereocenters. The first kappa shape index (κ1) is 10.1. The van der Waals surface area contributed by atoms with Crippen molar-refractivity contribution in [1.29, 1.82) is 0 Å². The zero-order chi connectivity index (χ0) is 9.80. The van der Waals surface area contributed by atoms with E-state index in [1.807, 2.05) is 23.1 Å². The van der Waals surface area contributed by atoms with Crippen LogP contribution in [0, 0.1) is 6.92 Å². The Kier molecular flexibility index (Phi) is 3.48. The molecule has 1 aromatic heterocycles. The van der Waals surface area contributed by atoms with Gasteiger partial charge in [-0.15, -0.1) is 11.3 Å². The molecule has 0 saturated heterocycles. The van der Waals surface area contributed by atoms with Crippen molar-refractivity contribution in [2.24, 2.45) is 4.99 Å². The summed E-state index contributed by atoms with van der Waals surface area (Å²) in [6.07, 6.45) is 1.17. The lowest BCUT2D eigenvalue weighted by Gasteiger charge is -2.12. The van der Waals surface area contributed by atoms with Gasteiger partial charge in [0.1, 0.15) is 0 Å². The first-order chi connectivity index (χ1) is 6.84. The SMILES string of the molecule is Cc1csc(CSC2=NCCCN2)c1. The van der Waals surface area contributed by atoms with E-state index >= 15 is 0 Å². The van der Waals surface area contributed by atoms with Crippen molar-refractivity contribution in [3.63, 3.8) is 0 Å². The molecule has 0 spiro atoms. The maximum Gasteiger partial charge on any atom is 0.156 e. The van der Waals surface area contributed by atoms with E-state index in [1.165, 1.54) is 16.9 Å². The fourth-order valence-electron chi connectivity index (χ4n) is 1.31. The highest BCUT2D eigenvalue weighted by Gasteiger charge is 2.05. The smallest absolute Gasteiger partial charge is 0.156 e. The maximum atomic E-state index is 4.42. The Morgan fingerprint density at radius 1 is 1.64 bits per heavy atom. The minimum atomic E-state index is 0.985. The Morgan fingerprint density at radius 3 is 3.21 bits per heavy atom. The van der Waals surface area contributed by atoms with Gasteiger partial charge in [0.2, 0.25) is 0 Å². The summed E-state index contributed by atoms with van der Waals surface area (Å²) < 4.78 is 0. The molecule has 14 heavy (non-hydrogen) atoms. The Balaban J connectivity index is 1.84. The fraction of sp³-hybridized carbons (Fsp3) is 0.500. The summed E-state index contributed by atoms with van der Waals surface area (Å²) in [6.45, 7) is 4.20. The van der Waals surface area contributed by atoms with Crippen molar-refractivity contribution < 1.29 is 0 Å². The molecule has 2 rings (SSSR count). The highest BCUT2D eigenvalue weighted by molar-refractivity contribution is 8.13. The molecule has 2 nitrogen and oxygen atoms in total. The number of aryl methyl sites for hydroxylation is 1. The van der Waals surface area contributed by atoms with Crippen LogP contribution in [0.4, 0.5) is 0 Å². The molecule has 1 aromatic rings. The minimum absolute atomic E-state index is 0.985. The number of nitrogens with zero attached hydrogens (tertiary/aromatic N) is 1. The number of aliphatic imine (C=N–C) groups is 1. The average Bonchev–Trinajstić information content (AvgIpc) is 2.63. The van der Waals surface area contributed by atoms with Gasteiger partial charge in [-0.05, 0) is 30.4 Å². The van der Waals surface area contributed by atoms with Gasteiger partial charge in [0.25, 0.3) is 0 Å². The summed E-state index contributed by atoms with van der Waals surface area (Å²) in [6, 6.07) is 2.25. The highest BCUT2D eigenvalue weighted by atomic mass is 32.2. The molecule has 0 aliphatic carbocycles. The predicted molar refractivity (Wildman–Crippen MR) is 65.3 cm³/mol. The third-order valence-corrected chi connectivity index (χ3v) is 4.24. The lowest BCUT2D eigenvalue weighted by molar-refractivity contribution is 0.751. The van der Waals surface area contributed by atoms with E-state index in [0.29, 0.717) is 0 Å². The van der Waals surface area contributed by atoms with Crippen LogP contribution in [-0.4, -0.2) is 18.3 Å². The van der Waals surface area contributed by atoms with Crippen LogP contribution in [0.1, 0.15) is 16.9 Å². The highest BCUT2D eigenvalue weighted by Crippen LogP contribution is 2.20. The van der Waals surface area contributed by atoms with Gasteiger partial charge in [0.05, 0.1) is 0 Å². The minimum Gasteiger partial charge on any atom is -0.365 e. The van der Waals surface area contributed by atoms with Gasteiger partial charge in [-0.2, -0.15) is 0 Å². The van der Waals surface area contributed by atoms with Crippen molar-refractivity contribution in [3.8, 4) is 0 Å². The van der Waals surface area contributed by atoms with Crippen LogP contribution < -0.4 is 5.32 Å². The summed E-state index contributed by atoms with van der Waals surface area (Å²) in [4.78, 5) is 5.86. The van der Waals surface area contributed by atoms with E-state index in [2.05, 4.69) is 28.7 Å². The van der Waals surface area contributed by atoms with Crippen LogP contribution in [-0.2, 0) is 5.75 Å². The molecule has 76 valence electrons. The Hall–Kier alpha value is -0.480. The van der Waals surface area contributed by atoms with Gasteiger partial charge in [0, 0.05) is 23.7 Å².